The maximum absolute atomic E-state index is 13.8. The van der Waals surface area contributed by atoms with E-state index in [-0.39, 0.29) is 5.75 Å². The summed E-state index contributed by atoms with van der Waals surface area (Å²) in [4.78, 5) is 0. The second-order valence-corrected chi connectivity index (χ2v) is 3.96. The Labute approximate surface area is 105 Å². The van der Waals surface area contributed by atoms with Crippen molar-refractivity contribution in [2.75, 3.05) is 6.61 Å². The number of H-pyrrole nitrogens is 1. The highest BCUT2D eigenvalue weighted by Crippen LogP contribution is 2.27. The number of nitrogens with zero attached hydrogens (tertiary/aromatic N) is 1. The number of halogens is 1. The number of nitrogens with two attached hydrogens (primary N) is 1. The van der Waals surface area contributed by atoms with Crippen LogP contribution in [0.1, 0.15) is 18.2 Å². The van der Waals surface area contributed by atoms with Crippen molar-refractivity contribution in [2.24, 2.45) is 5.73 Å². The number of hydrogen-bond donors (Lipinski definition) is 2. The molecule has 0 saturated carbocycles. The molecule has 1 aromatic carbocycles. The Morgan fingerprint density at radius 2 is 2.22 bits per heavy atom. The van der Waals surface area contributed by atoms with Crippen molar-refractivity contribution in [1.29, 1.82) is 0 Å². The van der Waals surface area contributed by atoms with E-state index in [9.17, 15) is 4.39 Å². The maximum Gasteiger partial charge on any atom is 0.165 e. The summed E-state index contributed by atoms with van der Waals surface area (Å²) in [7, 11) is 0. The molecule has 0 bridgehead atoms. The van der Waals surface area contributed by atoms with E-state index >= 15 is 0 Å². The fourth-order valence-electron chi connectivity index (χ4n) is 1.86. The molecular weight excluding hydrogens is 233 g/mol. The Balaban J connectivity index is 2.42. The lowest BCUT2D eigenvalue weighted by Gasteiger charge is -2.06. The molecule has 0 amide bonds. The van der Waals surface area contributed by atoms with Crippen molar-refractivity contribution in [3.8, 4) is 17.0 Å². The molecule has 0 unspecified atom stereocenters. The van der Waals surface area contributed by atoms with Crippen LogP contribution in [0.4, 0.5) is 4.39 Å². The first-order valence-electron chi connectivity index (χ1n) is 5.84. The molecular formula is C13H16FN3O. The molecule has 0 aliphatic heterocycles. The van der Waals surface area contributed by atoms with E-state index in [1.807, 2.05) is 13.8 Å². The van der Waals surface area contributed by atoms with E-state index in [0.717, 1.165) is 11.3 Å². The van der Waals surface area contributed by atoms with Crippen molar-refractivity contribution in [1.82, 2.24) is 10.2 Å². The first-order chi connectivity index (χ1) is 8.67. The molecule has 0 saturated heterocycles. The molecule has 0 aliphatic rings. The lowest BCUT2D eigenvalue weighted by Crippen LogP contribution is -1.99. The molecule has 18 heavy (non-hydrogen) atoms. The van der Waals surface area contributed by atoms with E-state index in [0.29, 0.717) is 24.4 Å². The number of aryl methyl sites for hydroxylation is 1. The standard InChI is InChI=1S/C13H16FN3O/c1-3-18-12-5-4-9(6-11(12)14)13-10(7-15)8(2)16-17-13/h4-6H,3,7,15H2,1-2H3,(H,16,17). The Morgan fingerprint density at radius 3 is 2.83 bits per heavy atom. The third-order valence-electron chi connectivity index (χ3n) is 2.78. The molecule has 96 valence electrons. The van der Waals surface area contributed by atoms with Gasteiger partial charge in [0.2, 0.25) is 0 Å². The number of aromatic nitrogens is 2. The van der Waals surface area contributed by atoms with Gasteiger partial charge in [-0.05, 0) is 32.0 Å². The predicted molar refractivity (Wildman–Crippen MR) is 67.8 cm³/mol. The maximum atomic E-state index is 13.8. The lowest BCUT2D eigenvalue weighted by molar-refractivity contribution is 0.321. The Hall–Kier alpha value is -1.88. The minimum absolute atomic E-state index is 0.253. The van der Waals surface area contributed by atoms with Crippen molar-refractivity contribution < 1.29 is 9.13 Å². The number of hydrogen-bond acceptors (Lipinski definition) is 3. The lowest BCUT2D eigenvalue weighted by atomic mass is 10.1. The van der Waals surface area contributed by atoms with E-state index in [2.05, 4.69) is 10.2 Å². The second kappa shape index (κ2) is 5.18. The summed E-state index contributed by atoms with van der Waals surface area (Å²) in [5.74, 6) is -0.138. The summed E-state index contributed by atoms with van der Waals surface area (Å²) in [6.45, 7) is 4.51. The van der Waals surface area contributed by atoms with Crippen LogP contribution < -0.4 is 10.5 Å². The molecule has 2 aromatic rings. The normalized spacial score (nSPS) is 10.7. The van der Waals surface area contributed by atoms with Gasteiger partial charge in [0.25, 0.3) is 0 Å². The summed E-state index contributed by atoms with van der Waals surface area (Å²) >= 11 is 0. The van der Waals surface area contributed by atoms with Crippen LogP contribution >= 0.6 is 0 Å². The molecule has 5 heteroatoms. The van der Waals surface area contributed by atoms with Crippen molar-refractivity contribution in [3.63, 3.8) is 0 Å². The highest BCUT2D eigenvalue weighted by atomic mass is 19.1. The van der Waals surface area contributed by atoms with Crippen molar-refractivity contribution in [3.05, 3.63) is 35.3 Å². The summed E-state index contributed by atoms with van der Waals surface area (Å²) in [6, 6.07) is 4.81. The fourth-order valence-corrected chi connectivity index (χ4v) is 1.86. The molecule has 3 N–H and O–H groups in total. The summed E-state index contributed by atoms with van der Waals surface area (Å²) in [5, 5.41) is 7.02. The number of ether oxygens (including phenoxy) is 1. The monoisotopic (exact) mass is 249 g/mol. The van der Waals surface area contributed by atoms with Crippen LogP contribution in [0.2, 0.25) is 0 Å². The van der Waals surface area contributed by atoms with E-state index in [1.54, 1.807) is 12.1 Å². The van der Waals surface area contributed by atoms with Crippen LogP contribution in [0.15, 0.2) is 18.2 Å². The average molecular weight is 249 g/mol. The number of aromatic amines is 1. The van der Waals surface area contributed by atoms with Crippen molar-refractivity contribution >= 4 is 0 Å². The zero-order valence-electron chi connectivity index (χ0n) is 10.5. The van der Waals surface area contributed by atoms with Gasteiger partial charge < -0.3 is 10.5 Å². The first-order valence-corrected chi connectivity index (χ1v) is 5.84. The quantitative estimate of drug-likeness (QED) is 0.874. The highest BCUT2D eigenvalue weighted by Gasteiger charge is 2.13. The molecule has 4 nitrogen and oxygen atoms in total. The third kappa shape index (κ3) is 2.22. The number of benzene rings is 1. The van der Waals surface area contributed by atoms with Gasteiger partial charge in [0.05, 0.1) is 12.3 Å². The Morgan fingerprint density at radius 1 is 1.44 bits per heavy atom. The van der Waals surface area contributed by atoms with E-state index < -0.39 is 5.82 Å². The fraction of sp³-hybridized carbons (Fsp3) is 0.308. The van der Waals surface area contributed by atoms with Crippen LogP contribution in [0, 0.1) is 12.7 Å². The van der Waals surface area contributed by atoms with Crippen LogP contribution in [0.5, 0.6) is 5.75 Å². The van der Waals surface area contributed by atoms with Crippen LogP contribution in [-0.4, -0.2) is 16.8 Å². The first kappa shape index (κ1) is 12.6. The Bertz CT molecular complexity index is 551. The largest absolute Gasteiger partial charge is 0.491 e. The van der Waals surface area contributed by atoms with Gasteiger partial charge in [-0.1, -0.05) is 0 Å². The van der Waals surface area contributed by atoms with Gasteiger partial charge >= 0.3 is 0 Å². The number of rotatable bonds is 4. The van der Waals surface area contributed by atoms with E-state index in [1.165, 1.54) is 6.07 Å². The molecule has 2 rings (SSSR count). The molecule has 0 aliphatic carbocycles. The number of nitrogens with one attached hydrogen (secondary N) is 1. The third-order valence-corrected chi connectivity index (χ3v) is 2.78. The second-order valence-electron chi connectivity index (χ2n) is 3.96. The van der Waals surface area contributed by atoms with Crippen molar-refractivity contribution in [2.45, 2.75) is 20.4 Å². The average Bonchev–Trinajstić information content (AvgIpc) is 2.73. The molecule has 1 heterocycles. The van der Waals surface area contributed by atoms with Gasteiger partial charge in [0.1, 0.15) is 0 Å². The van der Waals surface area contributed by atoms with Gasteiger partial charge in [0, 0.05) is 23.4 Å². The van der Waals surface area contributed by atoms with Crippen LogP contribution in [-0.2, 0) is 6.54 Å². The minimum atomic E-state index is -0.391. The molecule has 1 aromatic heterocycles. The summed E-state index contributed by atoms with van der Waals surface area (Å²) in [5.41, 5.74) is 8.86. The zero-order valence-corrected chi connectivity index (χ0v) is 10.5. The predicted octanol–water partition coefficient (Wildman–Crippen LogP) is 2.38. The highest BCUT2D eigenvalue weighted by molar-refractivity contribution is 5.64. The van der Waals surface area contributed by atoms with Gasteiger partial charge in [-0.25, -0.2) is 4.39 Å². The molecule has 0 radical (unpaired) electrons. The minimum Gasteiger partial charge on any atom is -0.491 e. The van der Waals surface area contributed by atoms with E-state index in [4.69, 9.17) is 10.5 Å². The summed E-state index contributed by atoms with van der Waals surface area (Å²) < 4.78 is 18.9. The topological polar surface area (TPSA) is 63.9 Å². The van der Waals surface area contributed by atoms with Gasteiger partial charge in [-0.15, -0.1) is 0 Å². The zero-order chi connectivity index (χ0) is 13.1. The van der Waals surface area contributed by atoms with Gasteiger partial charge in [0.15, 0.2) is 11.6 Å². The molecule has 0 fully saturated rings. The smallest absolute Gasteiger partial charge is 0.165 e. The van der Waals surface area contributed by atoms with Gasteiger partial charge in [-0.2, -0.15) is 5.10 Å². The van der Waals surface area contributed by atoms with Crippen LogP contribution in [0.3, 0.4) is 0 Å². The molecule has 0 atom stereocenters. The molecule has 0 spiro atoms. The SMILES string of the molecule is CCOc1ccc(-c2n[nH]c(C)c2CN)cc1F. The van der Waals surface area contributed by atoms with Gasteiger partial charge in [-0.3, -0.25) is 5.10 Å². The Kier molecular flexibility index (Phi) is 3.62. The van der Waals surface area contributed by atoms with Crippen LogP contribution in [0.25, 0.3) is 11.3 Å². The summed E-state index contributed by atoms with van der Waals surface area (Å²) in [6.07, 6.45) is 0.